The number of rotatable bonds is 11. The number of alkyl halides is 3. The summed E-state index contributed by atoms with van der Waals surface area (Å²) in [5.74, 6) is -1.07. The monoisotopic (exact) mass is 577 g/mol. The van der Waals surface area contributed by atoms with E-state index in [1.807, 2.05) is 0 Å². The van der Waals surface area contributed by atoms with Crippen LogP contribution < -0.4 is 15.4 Å². The molecule has 41 heavy (non-hydrogen) atoms. The topological polar surface area (TPSA) is 97.0 Å². The third-order valence-electron chi connectivity index (χ3n) is 7.38. The normalized spacial score (nSPS) is 19.1. The molecule has 11 heteroatoms. The summed E-state index contributed by atoms with van der Waals surface area (Å²) in [4.78, 5) is 39.4. The predicted molar refractivity (Wildman–Crippen MR) is 148 cm³/mol. The molecule has 2 aromatic carbocycles. The molecule has 0 aromatic heterocycles. The predicted octanol–water partition coefficient (Wildman–Crippen LogP) is 4.68. The van der Waals surface area contributed by atoms with E-state index in [0.717, 1.165) is 31.0 Å². The van der Waals surface area contributed by atoms with Gasteiger partial charge in [0, 0.05) is 29.6 Å². The zero-order chi connectivity index (χ0) is 30.2. The Morgan fingerprint density at radius 3 is 2.39 bits per heavy atom. The number of nitrogens with zero attached hydrogens (tertiary/aromatic N) is 1. The highest BCUT2D eigenvalue weighted by molar-refractivity contribution is 5.96. The zero-order valence-corrected chi connectivity index (χ0v) is 23.8. The molecule has 0 radical (unpaired) electrons. The van der Waals surface area contributed by atoms with Crippen LogP contribution in [0.4, 0.5) is 13.2 Å². The van der Waals surface area contributed by atoms with Crippen LogP contribution in [-0.4, -0.2) is 67.6 Å². The molecule has 1 fully saturated rings. The van der Waals surface area contributed by atoms with Gasteiger partial charge in [-0.3, -0.25) is 9.59 Å². The van der Waals surface area contributed by atoms with Crippen LogP contribution in [0.25, 0.3) is 0 Å². The fourth-order valence-corrected chi connectivity index (χ4v) is 4.87. The van der Waals surface area contributed by atoms with Gasteiger partial charge in [-0.1, -0.05) is 6.07 Å². The quantitative estimate of drug-likeness (QED) is 0.377. The molecule has 1 saturated carbocycles. The molecule has 0 spiro atoms. The number of carbonyl (C=O) groups excluding carboxylic acids is 3. The standard InChI is InChI=1S/C30H38F3N3O5/c1-5-40-29(39)20-9-12-25(13-10-20)41-18-22-16-24(36(4)19(2)3)11-14-26(22)35-27(37)17-34-28(38)21-7-6-8-23(15-21)30(31,32)33/h6-10,12-13,15,19,22,24,26H,5,11,14,16-18H2,1-4H3,(H,34,38)(H,35,37)/t22-,24+,26-/m0/s1. The van der Waals surface area contributed by atoms with Gasteiger partial charge in [-0.05, 0) is 89.5 Å². The number of ether oxygens (including phenoxy) is 2. The molecule has 2 N–H and O–H groups in total. The van der Waals surface area contributed by atoms with Crippen LogP contribution in [0.5, 0.6) is 5.75 Å². The first-order valence-corrected chi connectivity index (χ1v) is 13.8. The molecule has 0 heterocycles. The minimum atomic E-state index is -4.57. The summed E-state index contributed by atoms with van der Waals surface area (Å²) in [6.45, 7) is 6.22. The highest BCUT2D eigenvalue weighted by Crippen LogP contribution is 2.31. The van der Waals surface area contributed by atoms with E-state index in [1.54, 1.807) is 31.2 Å². The number of esters is 1. The Morgan fingerprint density at radius 1 is 1.05 bits per heavy atom. The van der Waals surface area contributed by atoms with Crippen LogP contribution in [0.2, 0.25) is 0 Å². The lowest BCUT2D eigenvalue weighted by atomic mass is 9.81. The first-order valence-electron chi connectivity index (χ1n) is 13.8. The molecule has 224 valence electrons. The van der Waals surface area contributed by atoms with Crippen LogP contribution in [0.3, 0.4) is 0 Å². The average molecular weight is 578 g/mol. The fourth-order valence-electron chi connectivity index (χ4n) is 4.87. The van der Waals surface area contributed by atoms with Crippen molar-refractivity contribution in [3.8, 4) is 5.75 Å². The van der Waals surface area contributed by atoms with E-state index in [1.165, 1.54) is 6.07 Å². The number of nitrogens with one attached hydrogen (secondary N) is 2. The summed E-state index contributed by atoms with van der Waals surface area (Å²) < 4.78 is 50.0. The Labute approximate surface area is 238 Å². The molecule has 0 aliphatic heterocycles. The van der Waals surface area contributed by atoms with Crippen molar-refractivity contribution in [3.05, 3.63) is 65.2 Å². The van der Waals surface area contributed by atoms with Crippen LogP contribution in [-0.2, 0) is 15.7 Å². The molecule has 1 aliphatic carbocycles. The van der Waals surface area contributed by atoms with Crippen LogP contribution >= 0.6 is 0 Å². The smallest absolute Gasteiger partial charge is 0.416 e. The highest BCUT2D eigenvalue weighted by atomic mass is 19.4. The Kier molecular flexibility index (Phi) is 11.2. The van der Waals surface area contributed by atoms with Crippen molar-refractivity contribution in [2.75, 3.05) is 26.8 Å². The van der Waals surface area contributed by atoms with Crippen molar-refractivity contribution < 1.29 is 37.0 Å². The van der Waals surface area contributed by atoms with E-state index in [2.05, 4.69) is 36.4 Å². The summed E-state index contributed by atoms with van der Waals surface area (Å²) in [5.41, 5.74) is -0.686. The maximum absolute atomic E-state index is 13.0. The summed E-state index contributed by atoms with van der Waals surface area (Å²) in [6, 6.07) is 11.1. The van der Waals surface area contributed by atoms with Gasteiger partial charge < -0.3 is 25.0 Å². The van der Waals surface area contributed by atoms with E-state index in [0.29, 0.717) is 36.4 Å². The van der Waals surface area contributed by atoms with Crippen molar-refractivity contribution in [1.29, 1.82) is 0 Å². The summed E-state index contributed by atoms with van der Waals surface area (Å²) in [6.07, 6.45) is -2.24. The Morgan fingerprint density at radius 2 is 1.76 bits per heavy atom. The van der Waals surface area contributed by atoms with Gasteiger partial charge in [0.1, 0.15) is 5.75 Å². The summed E-state index contributed by atoms with van der Waals surface area (Å²) in [5, 5.41) is 5.39. The first-order chi connectivity index (χ1) is 19.4. The molecule has 1 aliphatic rings. The van der Waals surface area contributed by atoms with E-state index < -0.39 is 29.5 Å². The lowest BCUT2D eigenvalue weighted by molar-refractivity contribution is -0.137. The van der Waals surface area contributed by atoms with E-state index in [-0.39, 0.29) is 30.7 Å². The number of carbonyl (C=O) groups is 3. The van der Waals surface area contributed by atoms with Crippen molar-refractivity contribution >= 4 is 17.8 Å². The molecule has 2 aromatic rings. The second-order valence-electron chi connectivity index (χ2n) is 10.5. The third-order valence-corrected chi connectivity index (χ3v) is 7.38. The highest BCUT2D eigenvalue weighted by Gasteiger charge is 2.35. The Hall–Kier alpha value is -3.60. The van der Waals surface area contributed by atoms with Crippen molar-refractivity contribution in [3.63, 3.8) is 0 Å². The number of halogens is 3. The van der Waals surface area contributed by atoms with Gasteiger partial charge in [0.15, 0.2) is 0 Å². The molecule has 3 atom stereocenters. The van der Waals surface area contributed by atoms with E-state index in [9.17, 15) is 27.6 Å². The largest absolute Gasteiger partial charge is 0.493 e. The minimum absolute atomic E-state index is 0.0391. The zero-order valence-electron chi connectivity index (χ0n) is 23.8. The number of hydrogen-bond donors (Lipinski definition) is 2. The molecule has 0 bridgehead atoms. The molecule has 8 nitrogen and oxygen atoms in total. The maximum atomic E-state index is 13.0. The lowest BCUT2D eigenvalue weighted by Crippen LogP contribution is -2.52. The lowest BCUT2D eigenvalue weighted by Gasteiger charge is -2.41. The van der Waals surface area contributed by atoms with Crippen LogP contribution in [0.1, 0.15) is 66.3 Å². The van der Waals surface area contributed by atoms with Gasteiger partial charge in [-0.25, -0.2) is 4.79 Å². The van der Waals surface area contributed by atoms with E-state index >= 15 is 0 Å². The summed E-state index contributed by atoms with van der Waals surface area (Å²) >= 11 is 0. The van der Waals surface area contributed by atoms with Crippen LogP contribution in [0.15, 0.2) is 48.5 Å². The first kappa shape index (κ1) is 31.9. The number of amides is 2. The van der Waals surface area contributed by atoms with Gasteiger partial charge in [-0.2, -0.15) is 13.2 Å². The third kappa shape index (κ3) is 9.21. The maximum Gasteiger partial charge on any atom is 0.416 e. The molecule has 0 saturated heterocycles. The van der Waals surface area contributed by atoms with Crippen LogP contribution in [0, 0.1) is 5.92 Å². The SMILES string of the molecule is CCOC(=O)c1ccc(OC[C@@H]2C[C@H](N(C)C(C)C)CC[C@@H]2NC(=O)CNC(=O)c2cccc(C(F)(F)F)c2)cc1. The second kappa shape index (κ2) is 14.3. The van der Waals surface area contributed by atoms with E-state index in [4.69, 9.17) is 9.47 Å². The molecule has 3 rings (SSSR count). The number of benzene rings is 2. The summed E-state index contributed by atoms with van der Waals surface area (Å²) in [7, 11) is 2.07. The van der Waals surface area contributed by atoms with Crippen molar-refractivity contribution in [1.82, 2.24) is 15.5 Å². The van der Waals surface area contributed by atoms with Gasteiger partial charge in [-0.15, -0.1) is 0 Å². The fraction of sp³-hybridized carbons (Fsp3) is 0.500. The minimum Gasteiger partial charge on any atom is -0.493 e. The van der Waals surface area contributed by atoms with Gasteiger partial charge >= 0.3 is 12.1 Å². The molecule has 0 unspecified atom stereocenters. The van der Waals surface area contributed by atoms with Gasteiger partial charge in [0.25, 0.3) is 5.91 Å². The van der Waals surface area contributed by atoms with Gasteiger partial charge in [0.2, 0.25) is 5.91 Å². The van der Waals surface area contributed by atoms with Crippen molar-refractivity contribution in [2.24, 2.45) is 5.92 Å². The van der Waals surface area contributed by atoms with Crippen molar-refractivity contribution in [2.45, 2.75) is 64.3 Å². The second-order valence-corrected chi connectivity index (χ2v) is 10.5. The molecule has 2 amide bonds. The average Bonchev–Trinajstić information content (AvgIpc) is 2.95. The Bertz CT molecular complexity index is 1190. The Balaban J connectivity index is 1.61. The van der Waals surface area contributed by atoms with Gasteiger partial charge in [0.05, 0.1) is 30.9 Å². The number of hydrogen-bond acceptors (Lipinski definition) is 6. The molecular weight excluding hydrogens is 539 g/mol. The molecular formula is C30H38F3N3O5.